The molecule has 3 heteroatoms. The summed E-state index contributed by atoms with van der Waals surface area (Å²) in [5.74, 6) is 2.69. The van der Waals surface area contributed by atoms with Crippen molar-refractivity contribution in [3.63, 3.8) is 0 Å². The molecule has 78 valence electrons. The maximum absolute atomic E-state index is 11.4. The molecule has 0 aromatic rings. The molecule has 0 spiro atoms. The molecule has 14 heavy (non-hydrogen) atoms. The molecule has 0 aliphatic carbocycles. The number of hydrogen-bond acceptors (Lipinski definition) is 2. The number of terminal acetylenes is 1. The number of nitrogens with zero attached hydrogens (tertiary/aromatic N) is 1. The van der Waals surface area contributed by atoms with E-state index in [-0.39, 0.29) is 18.0 Å². The summed E-state index contributed by atoms with van der Waals surface area (Å²) in [4.78, 5) is 13.3. The SMILES string of the molecule is C#CC(C)N(C(C)=O)C1CCCNC1. The van der Waals surface area contributed by atoms with Gasteiger partial charge in [-0.05, 0) is 26.3 Å². The molecule has 1 aliphatic heterocycles. The van der Waals surface area contributed by atoms with Crippen molar-refractivity contribution in [3.05, 3.63) is 0 Å². The molecule has 0 bridgehead atoms. The molecule has 0 aromatic heterocycles. The zero-order chi connectivity index (χ0) is 10.6. The van der Waals surface area contributed by atoms with Crippen LogP contribution >= 0.6 is 0 Å². The number of piperidine rings is 1. The quantitative estimate of drug-likeness (QED) is 0.653. The van der Waals surface area contributed by atoms with Crippen LogP contribution in [0, 0.1) is 12.3 Å². The molecular formula is C11H18N2O. The Morgan fingerprint density at radius 2 is 2.43 bits per heavy atom. The van der Waals surface area contributed by atoms with Gasteiger partial charge in [-0.1, -0.05) is 5.92 Å². The predicted molar refractivity (Wildman–Crippen MR) is 56.7 cm³/mol. The fourth-order valence-electron chi connectivity index (χ4n) is 2.00. The van der Waals surface area contributed by atoms with Crippen molar-refractivity contribution in [1.29, 1.82) is 0 Å². The van der Waals surface area contributed by atoms with Crippen molar-refractivity contribution in [2.45, 2.75) is 38.8 Å². The molecule has 0 radical (unpaired) electrons. The molecule has 1 rings (SSSR count). The largest absolute Gasteiger partial charge is 0.325 e. The second-order valence-corrected chi connectivity index (χ2v) is 3.77. The van der Waals surface area contributed by atoms with Gasteiger partial charge in [-0.2, -0.15) is 0 Å². The standard InChI is InChI=1S/C11H18N2O/c1-4-9(2)13(10(3)14)11-6-5-7-12-8-11/h1,9,11-12H,5-8H2,2-3H3. The maximum Gasteiger partial charge on any atom is 0.220 e. The highest BCUT2D eigenvalue weighted by atomic mass is 16.2. The van der Waals surface area contributed by atoms with Gasteiger partial charge in [-0.3, -0.25) is 4.79 Å². The van der Waals surface area contributed by atoms with Crippen LogP contribution in [0.25, 0.3) is 0 Å². The highest BCUT2D eigenvalue weighted by Crippen LogP contribution is 2.13. The van der Waals surface area contributed by atoms with E-state index in [2.05, 4.69) is 11.2 Å². The minimum atomic E-state index is -0.0996. The summed E-state index contributed by atoms with van der Waals surface area (Å²) in [7, 11) is 0. The molecule has 0 aromatic carbocycles. The van der Waals surface area contributed by atoms with E-state index in [4.69, 9.17) is 6.42 Å². The molecule has 1 fully saturated rings. The lowest BCUT2D eigenvalue weighted by molar-refractivity contribution is -0.132. The van der Waals surface area contributed by atoms with Crippen molar-refractivity contribution in [1.82, 2.24) is 10.2 Å². The van der Waals surface area contributed by atoms with Gasteiger partial charge in [-0.25, -0.2) is 0 Å². The first kappa shape index (κ1) is 11.1. The molecule has 1 N–H and O–H groups in total. The van der Waals surface area contributed by atoms with Crippen LogP contribution < -0.4 is 5.32 Å². The first-order valence-electron chi connectivity index (χ1n) is 5.12. The number of nitrogens with one attached hydrogen (secondary N) is 1. The molecule has 2 atom stereocenters. The van der Waals surface area contributed by atoms with Gasteiger partial charge in [-0.15, -0.1) is 6.42 Å². The first-order valence-corrected chi connectivity index (χ1v) is 5.12. The van der Waals surface area contributed by atoms with E-state index in [9.17, 15) is 4.79 Å². The molecule has 1 amide bonds. The van der Waals surface area contributed by atoms with Gasteiger partial charge in [0.15, 0.2) is 0 Å². The summed E-state index contributed by atoms with van der Waals surface area (Å²) >= 11 is 0. The van der Waals surface area contributed by atoms with E-state index in [0.29, 0.717) is 0 Å². The Morgan fingerprint density at radius 3 is 2.86 bits per heavy atom. The molecule has 1 heterocycles. The maximum atomic E-state index is 11.4. The van der Waals surface area contributed by atoms with E-state index in [0.717, 1.165) is 25.9 Å². The summed E-state index contributed by atoms with van der Waals surface area (Å²) < 4.78 is 0. The predicted octanol–water partition coefficient (Wildman–Crippen LogP) is 0.609. The van der Waals surface area contributed by atoms with Gasteiger partial charge in [0.05, 0.1) is 6.04 Å². The number of rotatable bonds is 2. The Balaban J connectivity index is 2.66. The minimum absolute atomic E-state index is 0.0733. The average Bonchev–Trinajstić information content (AvgIpc) is 2.19. The van der Waals surface area contributed by atoms with Gasteiger partial charge in [0.25, 0.3) is 0 Å². The van der Waals surface area contributed by atoms with Gasteiger partial charge in [0.1, 0.15) is 0 Å². The number of amides is 1. The van der Waals surface area contributed by atoms with Crippen LogP contribution in [0.4, 0.5) is 0 Å². The lowest BCUT2D eigenvalue weighted by Gasteiger charge is -2.36. The molecule has 0 saturated carbocycles. The van der Waals surface area contributed by atoms with Crippen LogP contribution in [-0.4, -0.2) is 36.0 Å². The second kappa shape index (κ2) is 5.02. The Hall–Kier alpha value is -1.01. The second-order valence-electron chi connectivity index (χ2n) is 3.77. The van der Waals surface area contributed by atoms with Crippen molar-refractivity contribution in [3.8, 4) is 12.3 Å². The molecule has 2 unspecified atom stereocenters. The van der Waals surface area contributed by atoms with E-state index in [1.165, 1.54) is 0 Å². The van der Waals surface area contributed by atoms with Crippen LogP contribution in [0.3, 0.4) is 0 Å². The van der Waals surface area contributed by atoms with Crippen LogP contribution in [0.1, 0.15) is 26.7 Å². The highest BCUT2D eigenvalue weighted by molar-refractivity contribution is 5.74. The summed E-state index contributed by atoms with van der Waals surface area (Å²) in [6, 6.07) is 0.171. The monoisotopic (exact) mass is 194 g/mol. The zero-order valence-corrected chi connectivity index (χ0v) is 8.92. The van der Waals surface area contributed by atoms with Crippen molar-refractivity contribution in [2.24, 2.45) is 0 Å². The van der Waals surface area contributed by atoms with Crippen LogP contribution in [0.5, 0.6) is 0 Å². The average molecular weight is 194 g/mol. The Morgan fingerprint density at radius 1 is 1.71 bits per heavy atom. The van der Waals surface area contributed by atoms with Crippen molar-refractivity contribution in [2.75, 3.05) is 13.1 Å². The third kappa shape index (κ3) is 2.49. The highest BCUT2D eigenvalue weighted by Gasteiger charge is 2.25. The molecule has 3 nitrogen and oxygen atoms in total. The van der Waals surface area contributed by atoms with Crippen LogP contribution in [-0.2, 0) is 4.79 Å². The van der Waals surface area contributed by atoms with E-state index >= 15 is 0 Å². The summed E-state index contributed by atoms with van der Waals surface area (Å²) in [5, 5.41) is 3.29. The third-order valence-corrected chi connectivity index (χ3v) is 2.69. The van der Waals surface area contributed by atoms with Crippen molar-refractivity contribution < 1.29 is 4.79 Å². The summed E-state index contributed by atoms with van der Waals surface area (Å²) in [6.45, 7) is 5.40. The van der Waals surface area contributed by atoms with Gasteiger partial charge in [0, 0.05) is 19.5 Å². The Kier molecular flexibility index (Phi) is 3.97. The molecule has 1 saturated heterocycles. The normalized spacial score (nSPS) is 23.6. The van der Waals surface area contributed by atoms with Crippen LogP contribution in [0.15, 0.2) is 0 Å². The lowest BCUT2D eigenvalue weighted by atomic mass is 10.0. The van der Waals surface area contributed by atoms with E-state index in [1.807, 2.05) is 11.8 Å². The Labute approximate surface area is 85.9 Å². The number of hydrogen-bond donors (Lipinski definition) is 1. The number of carbonyl (C=O) groups excluding carboxylic acids is 1. The lowest BCUT2D eigenvalue weighted by Crippen LogP contribution is -2.51. The van der Waals surface area contributed by atoms with Crippen LogP contribution in [0.2, 0.25) is 0 Å². The van der Waals surface area contributed by atoms with Gasteiger partial charge in [0.2, 0.25) is 5.91 Å². The zero-order valence-electron chi connectivity index (χ0n) is 8.92. The van der Waals surface area contributed by atoms with Gasteiger partial charge < -0.3 is 10.2 Å². The van der Waals surface area contributed by atoms with E-state index < -0.39 is 0 Å². The molecular weight excluding hydrogens is 176 g/mol. The fraction of sp³-hybridized carbons (Fsp3) is 0.727. The molecule has 1 aliphatic rings. The van der Waals surface area contributed by atoms with E-state index in [1.54, 1.807) is 6.92 Å². The van der Waals surface area contributed by atoms with Gasteiger partial charge >= 0.3 is 0 Å². The Bertz CT molecular complexity index is 238. The van der Waals surface area contributed by atoms with Crippen molar-refractivity contribution >= 4 is 5.91 Å². The summed E-state index contributed by atoms with van der Waals surface area (Å²) in [6.07, 6.45) is 7.52. The smallest absolute Gasteiger partial charge is 0.220 e. The topological polar surface area (TPSA) is 32.3 Å². The minimum Gasteiger partial charge on any atom is -0.325 e. The number of carbonyl (C=O) groups is 1. The third-order valence-electron chi connectivity index (χ3n) is 2.69. The fourth-order valence-corrected chi connectivity index (χ4v) is 2.00. The first-order chi connectivity index (χ1) is 6.66. The summed E-state index contributed by atoms with van der Waals surface area (Å²) in [5.41, 5.74) is 0.